The van der Waals surface area contributed by atoms with Gasteiger partial charge in [-0.15, -0.1) is 0 Å². The molecule has 2 heteroatoms. The molecule has 1 aliphatic heterocycles. The van der Waals surface area contributed by atoms with E-state index in [1.165, 1.54) is 199 Å². The van der Waals surface area contributed by atoms with Gasteiger partial charge in [0.1, 0.15) is 11.5 Å². The molecule has 0 bridgehead atoms. The summed E-state index contributed by atoms with van der Waals surface area (Å²) in [7, 11) is 0. The Kier molecular flexibility index (Phi) is 10.7. The zero-order chi connectivity index (χ0) is 49.2. The van der Waals surface area contributed by atoms with E-state index >= 15 is 0 Å². The van der Waals surface area contributed by atoms with Crippen LogP contribution in [-0.2, 0) is 0 Å². The molecule has 2 nitrogen and oxygen atoms in total. The van der Waals surface area contributed by atoms with Crippen LogP contribution in [0.25, 0.3) is 76.5 Å². The van der Waals surface area contributed by atoms with Crippen molar-refractivity contribution >= 4 is 43.1 Å². The van der Waals surface area contributed by atoms with Crippen molar-refractivity contribution in [2.75, 3.05) is 6.79 Å². The molecule has 0 fully saturated rings. The monoisotopic (exact) mass is 887 g/mol. The molecule has 9 rings (SSSR count). The zero-order valence-electron chi connectivity index (χ0n) is 45.5. The third-order valence-electron chi connectivity index (χ3n) is 19.1. The van der Waals surface area contributed by atoms with E-state index in [4.69, 9.17) is 9.47 Å². The zero-order valence-corrected chi connectivity index (χ0v) is 45.5. The third-order valence-corrected chi connectivity index (χ3v) is 19.1. The van der Waals surface area contributed by atoms with Crippen LogP contribution in [0, 0.1) is 166 Å². The van der Waals surface area contributed by atoms with Gasteiger partial charge in [0.2, 0.25) is 6.79 Å². The van der Waals surface area contributed by atoms with Gasteiger partial charge in [0.05, 0.1) is 0 Å². The molecule has 0 spiro atoms. The Labute approximate surface area is 402 Å². The molecule has 0 amide bonds. The van der Waals surface area contributed by atoms with Crippen LogP contribution in [0.4, 0.5) is 0 Å². The maximum atomic E-state index is 7.46. The summed E-state index contributed by atoms with van der Waals surface area (Å²) in [5.74, 6) is 1.87. The highest BCUT2D eigenvalue weighted by Crippen LogP contribution is 2.60. The molecule has 8 aromatic rings. The van der Waals surface area contributed by atoms with E-state index in [9.17, 15) is 0 Å². The van der Waals surface area contributed by atoms with E-state index in [0.29, 0.717) is 0 Å². The predicted molar refractivity (Wildman–Crippen MR) is 293 cm³/mol. The number of rotatable bonds is 2. The Bertz CT molecular complexity index is 3400. The molecular formula is C65H74O2. The second kappa shape index (κ2) is 15.5. The molecule has 0 atom stereocenters. The van der Waals surface area contributed by atoms with E-state index in [1.54, 1.807) is 0 Å². The molecule has 8 aromatic carbocycles. The summed E-state index contributed by atoms with van der Waals surface area (Å²) in [6.07, 6.45) is 0. The number of ether oxygens (including phenoxy) is 2. The second-order valence-electron chi connectivity index (χ2n) is 21.3. The first-order chi connectivity index (χ1) is 31.3. The maximum Gasteiger partial charge on any atom is 0.231 e. The van der Waals surface area contributed by atoms with Gasteiger partial charge in [-0.3, -0.25) is 0 Å². The van der Waals surface area contributed by atoms with Crippen LogP contribution in [0.1, 0.15) is 134 Å². The average molecular weight is 887 g/mol. The van der Waals surface area contributed by atoms with Gasteiger partial charge in [-0.1, -0.05) is 0 Å². The Morgan fingerprint density at radius 2 is 0.343 bits per heavy atom. The fraction of sp³-hybridized carbons (Fsp3) is 0.385. The summed E-state index contributed by atoms with van der Waals surface area (Å²) < 4.78 is 14.9. The Morgan fingerprint density at radius 3 is 0.582 bits per heavy atom. The Morgan fingerprint density at radius 1 is 0.164 bits per heavy atom. The smallest absolute Gasteiger partial charge is 0.231 e. The number of hydrogen-bond donors (Lipinski definition) is 0. The number of hydrogen-bond acceptors (Lipinski definition) is 2. The summed E-state index contributed by atoms with van der Waals surface area (Å²) in [6, 6.07) is 0. The fourth-order valence-electron chi connectivity index (χ4n) is 13.3. The van der Waals surface area contributed by atoms with Crippen LogP contribution in [0.15, 0.2) is 0 Å². The summed E-state index contributed by atoms with van der Waals surface area (Å²) >= 11 is 0. The van der Waals surface area contributed by atoms with Crippen LogP contribution in [0.3, 0.4) is 0 Å². The summed E-state index contributed by atoms with van der Waals surface area (Å²) in [5, 5.41) is 10.7. The molecular weight excluding hydrogens is 813 g/mol. The molecule has 0 aromatic heterocycles. The van der Waals surface area contributed by atoms with E-state index in [0.717, 1.165) is 22.6 Å². The molecule has 0 radical (unpaired) electrons. The fourth-order valence-corrected chi connectivity index (χ4v) is 13.3. The lowest BCUT2D eigenvalue weighted by Gasteiger charge is -2.30. The lowest BCUT2D eigenvalue weighted by molar-refractivity contribution is 0.126. The van der Waals surface area contributed by atoms with Crippen molar-refractivity contribution in [1.29, 1.82) is 0 Å². The van der Waals surface area contributed by atoms with Crippen molar-refractivity contribution in [1.82, 2.24) is 0 Å². The highest BCUT2D eigenvalue weighted by Gasteiger charge is 2.36. The lowest BCUT2D eigenvalue weighted by atomic mass is 9.74. The lowest BCUT2D eigenvalue weighted by Crippen LogP contribution is -2.09. The number of benzene rings is 8. The van der Waals surface area contributed by atoms with Crippen molar-refractivity contribution in [3.05, 3.63) is 134 Å². The first kappa shape index (κ1) is 46.5. The summed E-state index contributed by atoms with van der Waals surface area (Å²) in [5.41, 5.74) is 39.5. The molecule has 0 N–H and O–H groups in total. The SMILES string of the molecule is Cc1c(C)c(C)c2c(-c3c4c(c(C)c5c(C)c(C)c(C)c(C)c35)-c3c(c(-c5c(C)c(C)c(C)c6c(C)c(C)c(C)c(C)c56)c5c(C)c(C)c(C)c(C)c5c3C)OCO4)c(C)c(C)c(C)c2c1C. The molecule has 0 unspecified atom stereocenters. The van der Waals surface area contributed by atoms with Gasteiger partial charge < -0.3 is 9.47 Å². The summed E-state index contributed by atoms with van der Waals surface area (Å²) in [6.45, 7) is 56.2. The van der Waals surface area contributed by atoms with Gasteiger partial charge in [0, 0.05) is 22.3 Å². The Balaban J connectivity index is 1.65. The minimum absolute atomic E-state index is 0.0948. The minimum atomic E-state index is 0.0948. The van der Waals surface area contributed by atoms with Crippen LogP contribution in [0.2, 0.25) is 0 Å². The average Bonchev–Trinajstić information content (AvgIpc) is 3.50. The highest BCUT2D eigenvalue weighted by atomic mass is 16.7. The van der Waals surface area contributed by atoms with E-state index < -0.39 is 0 Å². The summed E-state index contributed by atoms with van der Waals surface area (Å²) in [4.78, 5) is 0. The first-order valence-corrected chi connectivity index (χ1v) is 24.7. The molecule has 0 aliphatic carbocycles. The molecule has 67 heavy (non-hydrogen) atoms. The van der Waals surface area contributed by atoms with Gasteiger partial charge in [0.15, 0.2) is 0 Å². The van der Waals surface area contributed by atoms with Crippen molar-refractivity contribution in [3.8, 4) is 44.9 Å². The Hall–Kier alpha value is -5.60. The van der Waals surface area contributed by atoms with Crippen molar-refractivity contribution in [2.45, 2.75) is 166 Å². The molecule has 1 aliphatic rings. The quantitative estimate of drug-likeness (QED) is 0.172. The van der Waals surface area contributed by atoms with E-state index in [2.05, 4.69) is 166 Å². The van der Waals surface area contributed by atoms with Gasteiger partial charge in [-0.2, -0.15) is 0 Å². The predicted octanol–water partition coefficient (Wildman–Crippen LogP) is 18.4. The first-order valence-electron chi connectivity index (χ1n) is 24.7. The molecule has 0 saturated heterocycles. The van der Waals surface area contributed by atoms with Gasteiger partial charge in [0.25, 0.3) is 0 Å². The third kappa shape index (κ3) is 5.80. The molecule has 346 valence electrons. The van der Waals surface area contributed by atoms with Gasteiger partial charge >= 0.3 is 0 Å². The van der Waals surface area contributed by atoms with Crippen molar-refractivity contribution < 1.29 is 9.47 Å². The number of fused-ring (bicyclic) bond motifs is 7. The van der Waals surface area contributed by atoms with Crippen LogP contribution < -0.4 is 9.47 Å². The van der Waals surface area contributed by atoms with Crippen LogP contribution >= 0.6 is 0 Å². The second-order valence-corrected chi connectivity index (χ2v) is 21.3. The topological polar surface area (TPSA) is 18.5 Å². The minimum Gasteiger partial charge on any atom is -0.456 e. The maximum absolute atomic E-state index is 7.46. The molecule has 0 saturated carbocycles. The van der Waals surface area contributed by atoms with E-state index in [1.807, 2.05) is 0 Å². The highest BCUT2D eigenvalue weighted by molar-refractivity contribution is 6.21. The number of aryl methyl sites for hydroxylation is 12. The van der Waals surface area contributed by atoms with Crippen LogP contribution in [-0.4, -0.2) is 6.79 Å². The molecule has 1 heterocycles. The largest absolute Gasteiger partial charge is 0.456 e. The van der Waals surface area contributed by atoms with Gasteiger partial charge in [-0.05, 0) is 354 Å². The van der Waals surface area contributed by atoms with E-state index in [-0.39, 0.29) is 6.79 Å². The standard InChI is InChI=1S/C65H74O2/c1-26-30(5)42(17)54-50(36(26)11)40(15)34(9)46(21)58(54)62-56-44(19)32(7)28(3)38(13)52(56)48(23)60-61-49(24)53-39(14)29(4)33(8)45(20)57(53)63(65(61)67-25-66-64(60)62)59-47(22)35(10)41(16)51-37(12)27(2)31(6)43(18)55(51)59/h25H2,1-24H3. The van der Waals surface area contributed by atoms with Crippen molar-refractivity contribution in [2.24, 2.45) is 0 Å². The van der Waals surface area contributed by atoms with Crippen LogP contribution in [0.5, 0.6) is 11.5 Å². The van der Waals surface area contributed by atoms with Gasteiger partial charge in [-0.25, -0.2) is 0 Å². The van der Waals surface area contributed by atoms with Crippen molar-refractivity contribution in [3.63, 3.8) is 0 Å². The normalized spacial score (nSPS) is 12.7.